The first-order valence-electron chi connectivity index (χ1n) is 4.97. The molecular weight excluding hydrogens is 216 g/mol. The van der Waals surface area contributed by atoms with Gasteiger partial charge in [-0.25, -0.2) is 13.2 Å². The highest BCUT2D eigenvalue weighted by atomic mass is 32.2. The molecule has 0 spiro atoms. The summed E-state index contributed by atoms with van der Waals surface area (Å²) in [6.07, 6.45) is 0.514. The number of hydrogen-bond acceptors (Lipinski definition) is 3. The fourth-order valence-corrected chi connectivity index (χ4v) is 3.14. The van der Waals surface area contributed by atoms with Gasteiger partial charge in [-0.3, -0.25) is 0 Å². The van der Waals surface area contributed by atoms with Gasteiger partial charge < -0.3 is 10.6 Å². The SMILES string of the molecule is CC(C)(C)NC(=O)NC1CCS(=O)(=O)C1. The Kier molecular flexibility index (Phi) is 3.28. The van der Waals surface area contributed by atoms with Crippen molar-refractivity contribution in [1.82, 2.24) is 10.6 Å². The van der Waals surface area contributed by atoms with Crippen molar-refractivity contribution in [3.63, 3.8) is 0 Å². The van der Waals surface area contributed by atoms with Gasteiger partial charge in [-0.1, -0.05) is 0 Å². The van der Waals surface area contributed by atoms with Crippen molar-refractivity contribution in [3.8, 4) is 0 Å². The fourth-order valence-electron chi connectivity index (χ4n) is 1.47. The van der Waals surface area contributed by atoms with Crippen LogP contribution in [0.15, 0.2) is 0 Å². The average molecular weight is 234 g/mol. The normalized spacial score (nSPS) is 24.9. The van der Waals surface area contributed by atoms with Crippen molar-refractivity contribution in [3.05, 3.63) is 0 Å². The Morgan fingerprint density at radius 3 is 2.33 bits per heavy atom. The highest BCUT2D eigenvalue weighted by Crippen LogP contribution is 2.11. The van der Waals surface area contributed by atoms with E-state index in [4.69, 9.17) is 0 Å². The van der Waals surface area contributed by atoms with Gasteiger partial charge in [0.05, 0.1) is 11.5 Å². The highest BCUT2D eigenvalue weighted by Gasteiger charge is 2.29. The van der Waals surface area contributed by atoms with Gasteiger partial charge in [-0.15, -0.1) is 0 Å². The molecule has 1 aliphatic rings. The Morgan fingerprint density at radius 1 is 1.33 bits per heavy atom. The first kappa shape index (κ1) is 12.3. The second kappa shape index (κ2) is 4.00. The van der Waals surface area contributed by atoms with Crippen molar-refractivity contribution < 1.29 is 13.2 Å². The van der Waals surface area contributed by atoms with Gasteiger partial charge in [-0.05, 0) is 27.2 Å². The number of rotatable bonds is 1. The molecule has 2 N–H and O–H groups in total. The molecule has 1 rings (SSSR count). The van der Waals surface area contributed by atoms with E-state index in [1.54, 1.807) is 0 Å². The molecule has 1 saturated heterocycles. The Labute approximate surface area is 90.5 Å². The lowest BCUT2D eigenvalue weighted by atomic mass is 10.1. The summed E-state index contributed by atoms with van der Waals surface area (Å²) < 4.78 is 22.3. The standard InChI is InChI=1S/C9H18N2O3S/c1-9(2,3)11-8(12)10-7-4-5-15(13,14)6-7/h7H,4-6H2,1-3H3,(H2,10,11,12). The Morgan fingerprint density at radius 2 is 1.93 bits per heavy atom. The number of hydrogen-bond donors (Lipinski definition) is 2. The van der Waals surface area contributed by atoms with E-state index < -0.39 is 9.84 Å². The van der Waals surface area contributed by atoms with E-state index in [1.165, 1.54) is 0 Å². The van der Waals surface area contributed by atoms with Crippen LogP contribution in [0.1, 0.15) is 27.2 Å². The van der Waals surface area contributed by atoms with Crippen molar-refractivity contribution >= 4 is 15.9 Å². The second-order valence-electron chi connectivity index (χ2n) is 4.95. The second-order valence-corrected chi connectivity index (χ2v) is 7.18. The zero-order valence-corrected chi connectivity index (χ0v) is 10.1. The van der Waals surface area contributed by atoms with Gasteiger partial charge in [0.15, 0.2) is 9.84 Å². The lowest BCUT2D eigenvalue weighted by Crippen LogP contribution is -2.49. The van der Waals surface area contributed by atoms with Gasteiger partial charge in [0.2, 0.25) is 0 Å². The topological polar surface area (TPSA) is 75.3 Å². The monoisotopic (exact) mass is 234 g/mol. The number of carbonyl (C=O) groups is 1. The van der Waals surface area contributed by atoms with Crippen LogP contribution in [0.3, 0.4) is 0 Å². The summed E-state index contributed by atoms with van der Waals surface area (Å²) in [7, 11) is -2.93. The summed E-state index contributed by atoms with van der Waals surface area (Å²) >= 11 is 0. The fraction of sp³-hybridized carbons (Fsp3) is 0.889. The minimum atomic E-state index is -2.93. The molecule has 0 aromatic heterocycles. The van der Waals surface area contributed by atoms with Crippen LogP contribution in [0.5, 0.6) is 0 Å². The van der Waals surface area contributed by atoms with Crippen molar-refractivity contribution in [2.75, 3.05) is 11.5 Å². The summed E-state index contributed by atoms with van der Waals surface area (Å²) in [6.45, 7) is 5.62. The molecule has 0 saturated carbocycles. The van der Waals surface area contributed by atoms with E-state index >= 15 is 0 Å². The maximum absolute atomic E-state index is 11.4. The van der Waals surface area contributed by atoms with Gasteiger partial charge in [0.1, 0.15) is 0 Å². The molecule has 1 heterocycles. The third-order valence-corrected chi connectivity index (χ3v) is 3.82. The van der Waals surface area contributed by atoms with E-state index in [0.29, 0.717) is 6.42 Å². The minimum Gasteiger partial charge on any atom is -0.334 e. The molecule has 15 heavy (non-hydrogen) atoms. The van der Waals surface area contributed by atoms with Crippen LogP contribution in [-0.4, -0.2) is 37.5 Å². The molecule has 2 amide bonds. The van der Waals surface area contributed by atoms with Crippen LogP contribution in [-0.2, 0) is 9.84 Å². The van der Waals surface area contributed by atoms with Crippen molar-refractivity contribution in [2.24, 2.45) is 0 Å². The molecule has 0 aromatic carbocycles. The van der Waals surface area contributed by atoms with E-state index in [0.717, 1.165) is 0 Å². The molecule has 6 heteroatoms. The van der Waals surface area contributed by atoms with Crippen LogP contribution < -0.4 is 10.6 Å². The lowest BCUT2D eigenvalue weighted by molar-refractivity contribution is 0.229. The first-order chi connectivity index (χ1) is 6.68. The number of sulfone groups is 1. The Hall–Kier alpha value is -0.780. The van der Waals surface area contributed by atoms with Gasteiger partial charge in [0, 0.05) is 11.6 Å². The zero-order valence-electron chi connectivity index (χ0n) is 9.33. The van der Waals surface area contributed by atoms with Crippen LogP contribution >= 0.6 is 0 Å². The number of amides is 2. The maximum atomic E-state index is 11.4. The average Bonchev–Trinajstić information content (AvgIpc) is 2.25. The molecule has 1 aliphatic heterocycles. The molecule has 1 atom stereocenters. The molecule has 1 unspecified atom stereocenters. The summed E-state index contributed by atoms with van der Waals surface area (Å²) in [5.74, 6) is 0.234. The molecular formula is C9H18N2O3S. The quantitative estimate of drug-likeness (QED) is 0.684. The summed E-state index contributed by atoms with van der Waals surface area (Å²) in [6, 6.07) is -0.540. The summed E-state index contributed by atoms with van der Waals surface area (Å²) in [5, 5.41) is 5.39. The third-order valence-electron chi connectivity index (χ3n) is 2.06. The molecule has 0 aliphatic carbocycles. The minimum absolute atomic E-state index is 0.0601. The van der Waals surface area contributed by atoms with Crippen LogP contribution in [0, 0.1) is 0 Å². The van der Waals surface area contributed by atoms with Crippen molar-refractivity contribution in [1.29, 1.82) is 0 Å². The van der Waals surface area contributed by atoms with Crippen molar-refractivity contribution in [2.45, 2.75) is 38.8 Å². The van der Waals surface area contributed by atoms with Crippen LogP contribution in [0.2, 0.25) is 0 Å². The molecule has 1 fully saturated rings. The molecule has 88 valence electrons. The van der Waals surface area contributed by atoms with Gasteiger partial charge in [0.25, 0.3) is 0 Å². The Bertz CT molecular complexity index is 343. The molecule has 0 bridgehead atoms. The molecule has 0 radical (unpaired) electrons. The maximum Gasteiger partial charge on any atom is 0.315 e. The van der Waals surface area contributed by atoms with E-state index in [9.17, 15) is 13.2 Å². The highest BCUT2D eigenvalue weighted by molar-refractivity contribution is 7.91. The predicted octanol–water partition coefficient (Wildman–Crippen LogP) is 0.271. The zero-order chi connectivity index (χ0) is 11.7. The van der Waals surface area contributed by atoms with E-state index in [1.807, 2.05) is 20.8 Å². The summed E-state index contributed by atoms with van der Waals surface area (Å²) in [5.41, 5.74) is -0.304. The smallest absolute Gasteiger partial charge is 0.315 e. The molecule has 0 aromatic rings. The van der Waals surface area contributed by atoms with E-state index in [2.05, 4.69) is 10.6 Å². The lowest BCUT2D eigenvalue weighted by Gasteiger charge is -2.22. The number of nitrogens with one attached hydrogen (secondary N) is 2. The third kappa shape index (κ3) is 4.51. The molecule has 5 nitrogen and oxygen atoms in total. The van der Waals surface area contributed by atoms with Crippen LogP contribution in [0.4, 0.5) is 4.79 Å². The number of urea groups is 1. The predicted molar refractivity (Wildman–Crippen MR) is 58.5 cm³/mol. The summed E-state index contributed by atoms with van der Waals surface area (Å²) in [4.78, 5) is 11.4. The Balaban J connectivity index is 2.41. The van der Waals surface area contributed by atoms with E-state index in [-0.39, 0.29) is 29.1 Å². The largest absolute Gasteiger partial charge is 0.334 e. The first-order valence-corrected chi connectivity index (χ1v) is 6.79. The van der Waals surface area contributed by atoms with Gasteiger partial charge in [-0.2, -0.15) is 0 Å². The van der Waals surface area contributed by atoms with Gasteiger partial charge >= 0.3 is 6.03 Å². The van der Waals surface area contributed by atoms with Crippen LogP contribution in [0.25, 0.3) is 0 Å². The number of carbonyl (C=O) groups excluding carboxylic acids is 1.